The summed E-state index contributed by atoms with van der Waals surface area (Å²) >= 11 is 0. The maximum absolute atomic E-state index is 12.7. The number of carbonyl (C=O) groups is 3. The Kier molecular flexibility index (Phi) is 6.92. The van der Waals surface area contributed by atoms with Crippen molar-refractivity contribution < 1.29 is 22.8 Å². The Morgan fingerprint density at radius 1 is 1.07 bits per heavy atom. The highest BCUT2D eigenvalue weighted by molar-refractivity contribution is 7.89. The highest BCUT2D eigenvalue weighted by Crippen LogP contribution is 2.25. The van der Waals surface area contributed by atoms with E-state index in [0.717, 1.165) is 12.8 Å². The van der Waals surface area contributed by atoms with Crippen molar-refractivity contribution in [3.05, 3.63) is 34.9 Å². The van der Waals surface area contributed by atoms with E-state index in [-0.39, 0.29) is 35.1 Å². The van der Waals surface area contributed by atoms with Crippen molar-refractivity contribution in [2.75, 3.05) is 25.4 Å². The van der Waals surface area contributed by atoms with E-state index in [4.69, 9.17) is 0 Å². The zero-order chi connectivity index (χ0) is 21.9. The lowest BCUT2D eigenvalue weighted by Crippen LogP contribution is -2.47. The number of hydrogen-bond acceptors (Lipinski definition) is 5. The lowest BCUT2D eigenvalue weighted by Gasteiger charge is -2.31. The summed E-state index contributed by atoms with van der Waals surface area (Å²) in [5.41, 5.74) is 0.930. The molecule has 1 aromatic carbocycles. The Bertz CT molecular complexity index is 936. The van der Waals surface area contributed by atoms with Gasteiger partial charge in [0, 0.05) is 31.2 Å². The van der Waals surface area contributed by atoms with Gasteiger partial charge < -0.3 is 5.32 Å². The number of piperidine rings is 1. The van der Waals surface area contributed by atoms with Crippen molar-refractivity contribution in [2.45, 2.75) is 52.0 Å². The lowest BCUT2D eigenvalue weighted by atomic mass is 10.0. The zero-order valence-electron chi connectivity index (χ0n) is 17.5. The second-order valence-corrected chi connectivity index (χ2v) is 9.93. The second-order valence-electron chi connectivity index (χ2n) is 7.84. The summed E-state index contributed by atoms with van der Waals surface area (Å²) in [6.07, 6.45) is 3.28. The summed E-state index contributed by atoms with van der Waals surface area (Å²) < 4.78 is 25.8. The van der Waals surface area contributed by atoms with Gasteiger partial charge in [-0.15, -0.1) is 0 Å². The highest BCUT2D eigenvalue weighted by atomic mass is 32.2. The maximum Gasteiger partial charge on any atom is 0.261 e. The molecule has 1 N–H and O–H groups in total. The molecule has 0 bridgehead atoms. The standard InChI is InChI=1S/C21H29N3O5S/c1-3-5-10-24-20(26)17-7-6-15(14-18(17)21(24)27)19(25)22-16-8-11-23(12-9-16)30(28,29)13-4-2/h6-7,14,16H,3-5,8-13H2,1-2H3,(H,22,25). The van der Waals surface area contributed by atoms with E-state index in [0.29, 0.717) is 50.0 Å². The van der Waals surface area contributed by atoms with Crippen LogP contribution in [0, 0.1) is 0 Å². The van der Waals surface area contributed by atoms with Gasteiger partial charge in [0.05, 0.1) is 16.9 Å². The molecule has 1 aromatic rings. The molecule has 0 aliphatic carbocycles. The van der Waals surface area contributed by atoms with Crippen molar-refractivity contribution in [1.82, 2.24) is 14.5 Å². The van der Waals surface area contributed by atoms with Crippen LogP contribution < -0.4 is 5.32 Å². The fourth-order valence-corrected chi connectivity index (χ4v) is 5.43. The minimum absolute atomic E-state index is 0.128. The first-order valence-corrected chi connectivity index (χ1v) is 12.2. The molecule has 1 saturated heterocycles. The summed E-state index contributed by atoms with van der Waals surface area (Å²) in [6, 6.07) is 4.45. The minimum atomic E-state index is -3.22. The van der Waals surface area contributed by atoms with Crippen molar-refractivity contribution in [3.8, 4) is 0 Å². The van der Waals surface area contributed by atoms with Crippen LogP contribution in [0.2, 0.25) is 0 Å². The normalized spacial score (nSPS) is 18.0. The van der Waals surface area contributed by atoms with Gasteiger partial charge in [0.15, 0.2) is 0 Å². The molecule has 3 rings (SSSR count). The van der Waals surface area contributed by atoms with Crippen LogP contribution >= 0.6 is 0 Å². The third kappa shape index (κ3) is 4.57. The molecule has 2 aliphatic rings. The first-order chi connectivity index (χ1) is 14.3. The Balaban J connectivity index is 1.63. The number of hydrogen-bond donors (Lipinski definition) is 1. The van der Waals surface area contributed by atoms with Crippen LogP contribution in [0.4, 0.5) is 0 Å². The molecule has 1 fully saturated rings. The molecule has 164 valence electrons. The monoisotopic (exact) mass is 435 g/mol. The molecule has 0 aromatic heterocycles. The molecule has 3 amide bonds. The number of carbonyl (C=O) groups excluding carboxylic acids is 3. The highest BCUT2D eigenvalue weighted by Gasteiger charge is 2.35. The molecule has 0 saturated carbocycles. The smallest absolute Gasteiger partial charge is 0.261 e. The van der Waals surface area contributed by atoms with Gasteiger partial charge in [-0.2, -0.15) is 0 Å². The molecule has 0 unspecified atom stereocenters. The van der Waals surface area contributed by atoms with E-state index in [1.807, 2.05) is 13.8 Å². The largest absolute Gasteiger partial charge is 0.349 e. The van der Waals surface area contributed by atoms with Crippen LogP contribution in [0.1, 0.15) is 77.0 Å². The van der Waals surface area contributed by atoms with Crippen LogP contribution in [0.3, 0.4) is 0 Å². The van der Waals surface area contributed by atoms with Crippen LogP contribution in [0.5, 0.6) is 0 Å². The molecule has 0 radical (unpaired) electrons. The van der Waals surface area contributed by atoms with Gasteiger partial charge in [0.25, 0.3) is 17.7 Å². The topological polar surface area (TPSA) is 104 Å². The van der Waals surface area contributed by atoms with Crippen LogP contribution in [-0.2, 0) is 10.0 Å². The zero-order valence-corrected chi connectivity index (χ0v) is 18.3. The Labute approximate surface area is 177 Å². The molecule has 8 nitrogen and oxygen atoms in total. The third-order valence-electron chi connectivity index (χ3n) is 5.61. The average Bonchev–Trinajstić information content (AvgIpc) is 2.96. The lowest BCUT2D eigenvalue weighted by molar-refractivity contribution is 0.0652. The first kappa shape index (κ1) is 22.4. The number of imide groups is 1. The molecule has 2 aliphatic heterocycles. The van der Waals surface area contributed by atoms with Gasteiger partial charge in [-0.25, -0.2) is 12.7 Å². The number of unbranched alkanes of at least 4 members (excludes halogenated alkanes) is 1. The Morgan fingerprint density at radius 3 is 2.37 bits per heavy atom. The predicted octanol–water partition coefficient (Wildman–Crippen LogP) is 2.02. The van der Waals surface area contributed by atoms with Gasteiger partial charge in [0.1, 0.15) is 0 Å². The second kappa shape index (κ2) is 9.26. The minimum Gasteiger partial charge on any atom is -0.349 e. The van der Waals surface area contributed by atoms with Gasteiger partial charge in [-0.3, -0.25) is 19.3 Å². The van der Waals surface area contributed by atoms with Gasteiger partial charge in [-0.1, -0.05) is 20.3 Å². The fraction of sp³-hybridized carbons (Fsp3) is 0.571. The number of fused-ring (bicyclic) bond motifs is 1. The summed E-state index contributed by atoms with van der Waals surface area (Å²) in [5, 5.41) is 2.93. The summed E-state index contributed by atoms with van der Waals surface area (Å²) in [5.74, 6) is -0.843. The Hall–Kier alpha value is -2.26. The van der Waals surface area contributed by atoms with E-state index in [1.54, 1.807) is 6.07 Å². The summed E-state index contributed by atoms with van der Waals surface area (Å²) in [6.45, 7) is 4.98. The average molecular weight is 436 g/mol. The number of sulfonamides is 1. The molecule has 0 atom stereocenters. The van der Waals surface area contributed by atoms with Crippen molar-refractivity contribution in [3.63, 3.8) is 0 Å². The molecule has 9 heteroatoms. The number of nitrogens with zero attached hydrogens (tertiary/aromatic N) is 2. The van der Waals surface area contributed by atoms with E-state index in [2.05, 4.69) is 5.32 Å². The van der Waals surface area contributed by atoms with Crippen LogP contribution in [-0.4, -0.2) is 66.8 Å². The van der Waals surface area contributed by atoms with E-state index < -0.39 is 10.0 Å². The summed E-state index contributed by atoms with van der Waals surface area (Å²) in [4.78, 5) is 38.9. The van der Waals surface area contributed by atoms with Gasteiger partial charge in [-0.05, 0) is 43.9 Å². The fourth-order valence-electron chi connectivity index (χ4n) is 3.89. The number of benzene rings is 1. The van der Waals surface area contributed by atoms with E-state index >= 15 is 0 Å². The van der Waals surface area contributed by atoms with Crippen molar-refractivity contribution in [1.29, 1.82) is 0 Å². The van der Waals surface area contributed by atoms with Crippen molar-refractivity contribution in [2.24, 2.45) is 0 Å². The molecule has 0 spiro atoms. The number of rotatable bonds is 8. The molecule has 30 heavy (non-hydrogen) atoms. The quantitative estimate of drug-likeness (QED) is 0.629. The molecule has 2 heterocycles. The van der Waals surface area contributed by atoms with Gasteiger partial charge >= 0.3 is 0 Å². The predicted molar refractivity (Wildman–Crippen MR) is 113 cm³/mol. The summed E-state index contributed by atoms with van der Waals surface area (Å²) in [7, 11) is -3.22. The third-order valence-corrected chi connectivity index (χ3v) is 7.69. The molecular weight excluding hydrogens is 406 g/mol. The first-order valence-electron chi connectivity index (χ1n) is 10.6. The maximum atomic E-state index is 12.7. The van der Waals surface area contributed by atoms with Gasteiger partial charge in [0.2, 0.25) is 10.0 Å². The Morgan fingerprint density at radius 2 is 1.73 bits per heavy atom. The van der Waals surface area contributed by atoms with E-state index in [1.165, 1.54) is 21.3 Å². The number of amides is 3. The van der Waals surface area contributed by atoms with Crippen molar-refractivity contribution >= 4 is 27.7 Å². The van der Waals surface area contributed by atoms with Crippen LogP contribution in [0.15, 0.2) is 18.2 Å². The van der Waals surface area contributed by atoms with Crippen LogP contribution in [0.25, 0.3) is 0 Å². The SMILES string of the molecule is CCCCN1C(=O)c2ccc(C(=O)NC3CCN(S(=O)(=O)CCC)CC3)cc2C1=O. The number of nitrogens with one attached hydrogen (secondary N) is 1. The van der Waals surface area contributed by atoms with E-state index in [9.17, 15) is 22.8 Å². The molecular formula is C21H29N3O5S.